The summed E-state index contributed by atoms with van der Waals surface area (Å²) in [5.41, 5.74) is 4.95. The molecule has 0 aromatic carbocycles. The summed E-state index contributed by atoms with van der Waals surface area (Å²) < 4.78 is 5.34. The molecule has 1 fully saturated rings. The smallest absolute Gasteiger partial charge is 0.326 e. The van der Waals surface area contributed by atoms with E-state index in [4.69, 9.17) is 15.6 Å². The van der Waals surface area contributed by atoms with Gasteiger partial charge in [-0.3, -0.25) is 9.59 Å². The predicted octanol–water partition coefficient (Wildman–Crippen LogP) is -1.80. The SMILES string of the molecule is NC(=O)CCC(NC(=O)CC1CNCCO1)C(=O)O. The first-order chi connectivity index (χ1) is 8.99. The molecule has 1 saturated heterocycles. The molecule has 0 saturated carbocycles. The summed E-state index contributed by atoms with van der Waals surface area (Å²) in [4.78, 5) is 33.2. The zero-order chi connectivity index (χ0) is 14.3. The predicted molar refractivity (Wildman–Crippen MR) is 65.2 cm³/mol. The summed E-state index contributed by atoms with van der Waals surface area (Å²) in [6, 6.07) is -1.10. The van der Waals surface area contributed by atoms with Crippen molar-refractivity contribution < 1.29 is 24.2 Å². The van der Waals surface area contributed by atoms with Gasteiger partial charge in [0, 0.05) is 19.5 Å². The zero-order valence-electron chi connectivity index (χ0n) is 10.6. The lowest BCUT2D eigenvalue weighted by Gasteiger charge is -2.23. The van der Waals surface area contributed by atoms with Crippen molar-refractivity contribution in [3.8, 4) is 0 Å². The molecule has 19 heavy (non-hydrogen) atoms. The maximum atomic E-state index is 11.7. The van der Waals surface area contributed by atoms with Crippen LogP contribution in [0.2, 0.25) is 0 Å². The first-order valence-electron chi connectivity index (χ1n) is 6.12. The van der Waals surface area contributed by atoms with E-state index in [-0.39, 0.29) is 25.4 Å². The Morgan fingerprint density at radius 3 is 2.74 bits per heavy atom. The molecule has 0 aliphatic carbocycles. The number of primary amides is 1. The Morgan fingerprint density at radius 2 is 2.21 bits per heavy atom. The van der Waals surface area contributed by atoms with Crippen molar-refractivity contribution in [1.29, 1.82) is 0 Å². The summed E-state index contributed by atoms with van der Waals surface area (Å²) in [6.45, 7) is 1.84. The molecule has 8 nitrogen and oxygen atoms in total. The molecule has 0 aromatic rings. The number of hydrogen-bond acceptors (Lipinski definition) is 5. The van der Waals surface area contributed by atoms with Crippen molar-refractivity contribution in [2.45, 2.75) is 31.4 Å². The van der Waals surface area contributed by atoms with Crippen LogP contribution in [-0.2, 0) is 19.1 Å². The van der Waals surface area contributed by atoms with E-state index >= 15 is 0 Å². The molecule has 1 rings (SSSR count). The van der Waals surface area contributed by atoms with Gasteiger partial charge in [-0.25, -0.2) is 4.79 Å². The van der Waals surface area contributed by atoms with E-state index in [1.165, 1.54) is 0 Å². The molecule has 0 aromatic heterocycles. The van der Waals surface area contributed by atoms with Crippen LogP contribution < -0.4 is 16.4 Å². The molecule has 1 aliphatic heterocycles. The number of rotatable bonds is 7. The summed E-state index contributed by atoms with van der Waals surface area (Å²) in [5.74, 6) is -2.19. The number of nitrogens with two attached hydrogens (primary N) is 1. The van der Waals surface area contributed by atoms with Gasteiger partial charge in [-0.1, -0.05) is 0 Å². The van der Waals surface area contributed by atoms with Gasteiger partial charge in [0.05, 0.1) is 19.1 Å². The maximum Gasteiger partial charge on any atom is 0.326 e. The molecule has 1 aliphatic rings. The van der Waals surface area contributed by atoms with E-state index in [0.717, 1.165) is 6.54 Å². The lowest BCUT2D eigenvalue weighted by atomic mass is 10.1. The largest absolute Gasteiger partial charge is 0.480 e. The highest BCUT2D eigenvalue weighted by Gasteiger charge is 2.23. The lowest BCUT2D eigenvalue weighted by Crippen LogP contribution is -2.45. The number of carboxylic acid groups (broad SMARTS) is 1. The van der Waals surface area contributed by atoms with Crippen molar-refractivity contribution in [2.24, 2.45) is 5.73 Å². The van der Waals surface area contributed by atoms with E-state index in [1.807, 2.05) is 0 Å². The van der Waals surface area contributed by atoms with E-state index in [1.54, 1.807) is 0 Å². The summed E-state index contributed by atoms with van der Waals surface area (Å²) in [7, 11) is 0. The quantitative estimate of drug-likeness (QED) is 0.433. The minimum Gasteiger partial charge on any atom is -0.480 e. The average molecular weight is 273 g/mol. The first kappa shape index (κ1) is 15.4. The van der Waals surface area contributed by atoms with Crippen LogP contribution in [0.1, 0.15) is 19.3 Å². The number of ether oxygens (including phenoxy) is 1. The Hall–Kier alpha value is -1.67. The molecule has 0 spiro atoms. The van der Waals surface area contributed by atoms with Crippen molar-refractivity contribution >= 4 is 17.8 Å². The highest BCUT2D eigenvalue weighted by molar-refractivity contribution is 5.84. The molecule has 2 unspecified atom stereocenters. The van der Waals surface area contributed by atoms with Gasteiger partial charge in [0.2, 0.25) is 11.8 Å². The van der Waals surface area contributed by atoms with Gasteiger partial charge in [-0.15, -0.1) is 0 Å². The van der Waals surface area contributed by atoms with Gasteiger partial charge in [0.25, 0.3) is 0 Å². The van der Waals surface area contributed by atoms with Crippen LogP contribution in [0.5, 0.6) is 0 Å². The van der Waals surface area contributed by atoms with Crippen LogP contribution in [0.3, 0.4) is 0 Å². The van der Waals surface area contributed by atoms with Gasteiger partial charge >= 0.3 is 5.97 Å². The van der Waals surface area contributed by atoms with Gasteiger partial charge in [-0.2, -0.15) is 0 Å². The summed E-state index contributed by atoms with van der Waals surface area (Å²) in [6.07, 6.45) is -0.258. The average Bonchev–Trinajstić information content (AvgIpc) is 2.35. The summed E-state index contributed by atoms with van der Waals surface area (Å²) in [5, 5.41) is 14.4. The van der Waals surface area contributed by atoms with Gasteiger partial charge in [0.1, 0.15) is 6.04 Å². The topological polar surface area (TPSA) is 131 Å². The molecule has 1 heterocycles. The van der Waals surface area contributed by atoms with Gasteiger partial charge in [0.15, 0.2) is 0 Å². The molecule has 0 radical (unpaired) electrons. The Balaban J connectivity index is 2.37. The monoisotopic (exact) mass is 273 g/mol. The fraction of sp³-hybridized carbons (Fsp3) is 0.727. The fourth-order valence-corrected chi connectivity index (χ4v) is 1.75. The molecule has 5 N–H and O–H groups in total. The second kappa shape index (κ2) is 7.70. The Kier molecular flexibility index (Phi) is 6.23. The second-order valence-electron chi connectivity index (χ2n) is 4.36. The number of carbonyl (C=O) groups is 3. The van der Waals surface area contributed by atoms with Gasteiger partial charge in [-0.05, 0) is 6.42 Å². The van der Waals surface area contributed by atoms with Crippen LogP contribution in [0.4, 0.5) is 0 Å². The van der Waals surface area contributed by atoms with Crippen molar-refractivity contribution in [3.05, 3.63) is 0 Å². The van der Waals surface area contributed by atoms with Crippen molar-refractivity contribution in [1.82, 2.24) is 10.6 Å². The Labute approximate surface area is 110 Å². The van der Waals surface area contributed by atoms with Crippen LogP contribution in [0.25, 0.3) is 0 Å². The highest BCUT2D eigenvalue weighted by Crippen LogP contribution is 2.03. The molecule has 108 valence electrons. The highest BCUT2D eigenvalue weighted by atomic mass is 16.5. The van der Waals surface area contributed by atoms with E-state index in [2.05, 4.69) is 10.6 Å². The number of amides is 2. The van der Waals surface area contributed by atoms with E-state index < -0.39 is 23.8 Å². The minimum absolute atomic E-state index is 0.0137. The first-order valence-corrected chi connectivity index (χ1v) is 6.12. The zero-order valence-corrected chi connectivity index (χ0v) is 10.6. The Morgan fingerprint density at radius 1 is 1.47 bits per heavy atom. The van der Waals surface area contributed by atoms with Gasteiger partial charge < -0.3 is 26.2 Å². The minimum atomic E-state index is -1.18. The molecule has 0 bridgehead atoms. The van der Waals surface area contributed by atoms with Crippen LogP contribution in [0.15, 0.2) is 0 Å². The standard InChI is InChI=1S/C11H19N3O5/c12-9(15)2-1-8(11(17)18)14-10(16)5-7-6-13-3-4-19-7/h7-8,13H,1-6H2,(H2,12,15)(H,14,16)(H,17,18). The van der Waals surface area contributed by atoms with Crippen molar-refractivity contribution in [3.63, 3.8) is 0 Å². The normalized spacial score (nSPS) is 20.5. The molecule has 2 atom stereocenters. The number of hydrogen-bond donors (Lipinski definition) is 4. The Bertz CT molecular complexity index is 341. The molecular formula is C11H19N3O5. The molecular weight excluding hydrogens is 254 g/mol. The van der Waals surface area contributed by atoms with Crippen molar-refractivity contribution in [2.75, 3.05) is 19.7 Å². The third-order valence-electron chi connectivity index (χ3n) is 2.73. The van der Waals surface area contributed by atoms with Crippen LogP contribution in [-0.4, -0.2) is 54.7 Å². The van der Waals surface area contributed by atoms with Crippen LogP contribution in [0, 0.1) is 0 Å². The van der Waals surface area contributed by atoms with Crippen LogP contribution >= 0.6 is 0 Å². The molecule has 8 heteroatoms. The maximum absolute atomic E-state index is 11.7. The number of aliphatic carboxylic acids is 1. The number of morpholine rings is 1. The number of carboxylic acids is 1. The third kappa shape index (κ3) is 6.16. The second-order valence-corrected chi connectivity index (χ2v) is 4.36. The van der Waals surface area contributed by atoms with E-state index in [0.29, 0.717) is 13.2 Å². The fourth-order valence-electron chi connectivity index (χ4n) is 1.75. The third-order valence-corrected chi connectivity index (χ3v) is 2.73. The number of nitrogens with one attached hydrogen (secondary N) is 2. The molecule has 2 amide bonds. The number of carbonyl (C=O) groups excluding carboxylic acids is 2. The summed E-state index contributed by atoms with van der Waals surface area (Å²) >= 11 is 0. The lowest BCUT2D eigenvalue weighted by molar-refractivity contribution is -0.142. The van der Waals surface area contributed by atoms with E-state index in [9.17, 15) is 14.4 Å².